The van der Waals surface area contributed by atoms with Gasteiger partial charge in [-0.3, -0.25) is 0 Å². The molecule has 0 radical (unpaired) electrons. The van der Waals surface area contributed by atoms with Crippen molar-refractivity contribution in [3.63, 3.8) is 0 Å². The number of hydrogen-bond donors (Lipinski definition) is 1. The summed E-state index contributed by atoms with van der Waals surface area (Å²) in [6, 6.07) is 6.49. The molecule has 1 heterocycles. The summed E-state index contributed by atoms with van der Waals surface area (Å²) in [7, 11) is 0. The predicted octanol–water partition coefficient (Wildman–Crippen LogP) is 2.63. The van der Waals surface area contributed by atoms with Crippen LogP contribution in [0.1, 0.15) is 31.0 Å². The molecule has 0 spiro atoms. The number of benzene rings is 1. The first kappa shape index (κ1) is 11.8. The van der Waals surface area contributed by atoms with Crippen LogP contribution in [0.5, 0.6) is 0 Å². The van der Waals surface area contributed by atoms with Gasteiger partial charge in [-0.15, -0.1) is 0 Å². The van der Waals surface area contributed by atoms with E-state index < -0.39 is 0 Å². The SMILES string of the molecule is CC(C)c1c(CO)cnn1-c1ccccc1F. The van der Waals surface area contributed by atoms with Crippen molar-refractivity contribution in [2.45, 2.75) is 26.4 Å². The molecule has 2 rings (SSSR count). The van der Waals surface area contributed by atoms with Crippen LogP contribution in [-0.2, 0) is 6.61 Å². The standard InChI is InChI=1S/C13H15FN2O/c1-9(2)13-10(8-17)7-15-16(13)12-6-4-3-5-11(12)14/h3-7,9,17H,8H2,1-2H3. The van der Waals surface area contributed by atoms with Crippen LogP contribution in [0.3, 0.4) is 0 Å². The molecule has 0 unspecified atom stereocenters. The number of nitrogens with zero attached hydrogens (tertiary/aromatic N) is 2. The Labute approximate surface area is 99.5 Å². The van der Waals surface area contributed by atoms with Crippen LogP contribution in [0.4, 0.5) is 4.39 Å². The summed E-state index contributed by atoms with van der Waals surface area (Å²) in [5, 5.41) is 13.4. The molecule has 0 aliphatic heterocycles. The average Bonchev–Trinajstić information content (AvgIpc) is 2.73. The van der Waals surface area contributed by atoms with Crippen molar-refractivity contribution >= 4 is 0 Å². The van der Waals surface area contributed by atoms with Gasteiger partial charge in [0, 0.05) is 5.56 Å². The van der Waals surface area contributed by atoms with Gasteiger partial charge >= 0.3 is 0 Å². The maximum absolute atomic E-state index is 13.7. The van der Waals surface area contributed by atoms with Crippen LogP contribution in [0.25, 0.3) is 5.69 Å². The van der Waals surface area contributed by atoms with Crippen molar-refractivity contribution < 1.29 is 9.50 Å². The van der Waals surface area contributed by atoms with Gasteiger partial charge in [0.25, 0.3) is 0 Å². The summed E-state index contributed by atoms with van der Waals surface area (Å²) in [6.45, 7) is 3.91. The first-order chi connectivity index (χ1) is 8.15. The number of aromatic nitrogens is 2. The molecular weight excluding hydrogens is 219 g/mol. The van der Waals surface area contributed by atoms with Crippen LogP contribution < -0.4 is 0 Å². The lowest BCUT2D eigenvalue weighted by Crippen LogP contribution is -2.07. The fourth-order valence-electron chi connectivity index (χ4n) is 1.94. The minimum atomic E-state index is -0.318. The Morgan fingerprint density at radius 3 is 2.65 bits per heavy atom. The van der Waals surface area contributed by atoms with E-state index in [9.17, 15) is 9.50 Å². The zero-order valence-corrected chi connectivity index (χ0v) is 9.89. The molecule has 4 heteroatoms. The van der Waals surface area contributed by atoms with Crippen molar-refractivity contribution in [3.05, 3.63) is 47.5 Å². The molecule has 0 aliphatic rings. The molecule has 0 saturated heterocycles. The van der Waals surface area contributed by atoms with Gasteiger partial charge in [0.05, 0.1) is 18.5 Å². The first-order valence-electron chi connectivity index (χ1n) is 5.57. The van der Waals surface area contributed by atoms with Gasteiger partial charge in [0.2, 0.25) is 0 Å². The number of aliphatic hydroxyl groups is 1. The number of halogens is 1. The van der Waals surface area contributed by atoms with Crippen molar-refractivity contribution in [3.8, 4) is 5.69 Å². The fraction of sp³-hybridized carbons (Fsp3) is 0.308. The van der Waals surface area contributed by atoms with Gasteiger partial charge in [-0.25, -0.2) is 9.07 Å². The van der Waals surface area contributed by atoms with Gasteiger partial charge in [-0.05, 0) is 18.1 Å². The van der Waals surface area contributed by atoms with Crippen molar-refractivity contribution in [2.75, 3.05) is 0 Å². The number of hydrogen-bond acceptors (Lipinski definition) is 2. The minimum absolute atomic E-state index is 0.0814. The Balaban J connectivity index is 2.60. The second-order valence-corrected chi connectivity index (χ2v) is 4.23. The topological polar surface area (TPSA) is 38.1 Å². The summed E-state index contributed by atoms with van der Waals surface area (Å²) in [5.41, 5.74) is 2.00. The third kappa shape index (κ3) is 2.08. The zero-order chi connectivity index (χ0) is 12.4. The summed E-state index contributed by atoms with van der Waals surface area (Å²) in [4.78, 5) is 0. The van der Waals surface area contributed by atoms with Gasteiger partial charge < -0.3 is 5.11 Å². The Bertz CT molecular complexity index is 520. The van der Waals surface area contributed by atoms with E-state index in [1.54, 1.807) is 29.1 Å². The van der Waals surface area contributed by atoms with E-state index in [1.807, 2.05) is 13.8 Å². The van der Waals surface area contributed by atoms with Crippen LogP contribution in [0.2, 0.25) is 0 Å². The van der Waals surface area contributed by atoms with Crippen LogP contribution in [0.15, 0.2) is 30.5 Å². The molecular formula is C13H15FN2O. The van der Waals surface area contributed by atoms with E-state index in [0.717, 1.165) is 11.3 Å². The van der Waals surface area contributed by atoms with Gasteiger partial charge in [-0.1, -0.05) is 26.0 Å². The fourth-order valence-corrected chi connectivity index (χ4v) is 1.94. The highest BCUT2D eigenvalue weighted by molar-refractivity contribution is 5.37. The Hall–Kier alpha value is -1.68. The van der Waals surface area contributed by atoms with E-state index in [-0.39, 0.29) is 18.3 Å². The quantitative estimate of drug-likeness (QED) is 0.886. The predicted molar refractivity (Wildman–Crippen MR) is 63.5 cm³/mol. The van der Waals surface area contributed by atoms with Crippen molar-refractivity contribution in [1.82, 2.24) is 9.78 Å². The minimum Gasteiger partial charge on any atom is -0.392 e. The van der Waals surface area contributed by atoms with E-state index in [0.29, 0.717) is 5.69 Å². The van der Waals surface area contributed by atoms with E-state index >= 15 is 0 Å². The maximum Gasteiger partial charge on any atom is 0.148 e. The zero-order valence-electron chi connectivity index (χ0n) is 9.89. The lowest BCUT2D eigenvalue weighted by molar-refractivity contribution is 0.280. The number of aliphatic hydroxyl groups excluding tert-OH is 1. The molecule has 3 nitrogen and oxygen atoms in total. The third-order valence-electron chi connectivity index (χ3n) is 2.68. The molecule has 90 valence electrons. The molecule has 0 saturated carbocycles. The third-order valence-corrected chi connectivity index (χ3v) is 2.68. The van der Waals surface area contributed by atoms with Crippen LogP contribution in [0, 0.1) is 5.82 Å². The molecule has 0 atom stereocenters. The highest BCUT2D eigenvalue weighted by Crippen LogP contribution is 2.24. The Kier molecular flexibility index (Phi) is 3.24. The van der Waals surface area contributed by atoms with Gasteiger partial charge in [0.15, 0.2) is 0 Å². The van der Waals surface area contributed by atoms with Gasteiger partial charge in [-0.2, -0.15) is 5.10 Å². The summed E-state index contributed by atoms with van der Waals surface area (Å²) in [6.07, 6.45) is 1.59. The molecule has 0 aliphatic carbocycles. The molecule has 1 aromatic heterocycles. The maximum atomic E-state index is 13.7. The highest BCUT2D eigenvalue weighted by Gasteiger charge is 2.16. The lowest BCUT2D eigenvalue weighted by atomic mass is 10.1. The highest BCUT2D eigenvalue weighted by atomic mass is 19.1. The molecule has 17 heavy (non-hydrogen) atoms. The largest absolute Gasteiger partial charge is 0.392 e. The second-order valence-electron chi connectivity index (χ2n) is 4.23. The lowest BCUT2D eigenvalue weighted by Gasteiger charge is -2.12. The summed E-state index contributed by atoms with van der Waals surface area (Å²) >= 11 is 0. The van der Waals surface area contributed by atoms with E-state index in [1.165, 1.54) is 6.07 Å². The summed E-state index contributed by atoms with van der Waals surface area (Å²) < 4.78 is 15.3. The summed E-state index contributed by atoms with van der Waals surface area (Å²) in [5.74, 6) is -0.152. The number of rotatable bonds is 3. The normalized spacial score (nSPS) is 11.1. The Morgan fingerprint density at radius 1 is 1.35 bits per heavy atom. The van der Waals surface area contributed by atoms with Crippen LogP contribution in [-0.4, -0.2) is 14.9 Å². The van der Waals surface area contributed by atoms with E-state index in [2.05, 4.69) is 5.10 Å². The molecule has 0 amide bonds. The molecule has 2 aromatic rings. The molecule has 1 aromatic carbocycles. The van der Waals surface area contributed by atoms with Crippen LogP contribution >= 0.6 is 0 Å². The smallest absolute Gasteiger partial charge is 0.148 e. The molecule has 1 N–H and O–H groups in total. The first-order valence-corrected chi connectivity index (χ1v) is 5.57. The van der Waals surface area contributed by atoms with Crippen molar-refractivity contribution in [1.29, 1.82) is 0 Å². The Morgan fingerprint density at radius 2 is 2.06 bits per heavy atom. The monoisotopic (exact) mass is 234 g/mol. The average molecular weight is 234 g/mol. The van der Waals surface area contributed by atoms with Crippen molar-refractivity contribution in [2.24, 2.45) is 0 Å². The molecule has 0 bridgehead atoms. The van der Waals surface area contributed by atoms with Gasteiger partial charge in [0.1, 0.15) is 11.5 Å². The second kappa shape index (κ2) is 4.67. The van der Waals surface area contributed by atoms with E-state index in [4.69, 9.17) is 0 Å². The number of para-hydroxylation sites is 1. The molecule has 0 fully saturated rings.